The molecule has 10 heteroatoms. The van der Waals surface area contributed by atoms with Crippen LogP contribution < -0.4 is 10.9 Å². The molecule has 1 fully saturated rings. The van der Waals surface area contributed by atoms with Crippen molar-refractivity contribution < 1.29 is 14.3 Å². The predicted molar refractivity (Wildman–Crippen MR) is 102 cm³/mol. The highest BCUT2D eigenvalue weighted by atomic mass is 35.5. The molecule has 0 saturated carbocycles. The predicted octanol–water partition coefficient (Wildman–Crippen LogP) is 1.97. The molecule has 1 aliphatic heterocycles. The van der Waals surface area contributed by atoms with Gasteiger partial charge in [-0.2, -0.15) is 0 Å². The van der Waals surface area contributed by atoms with Crippen LogP contribution in [0.4, 0.5) is 0 Å². The van der Waals surface area contributed by atoms with Crippen molar-refractivity contribution in [1.29, 1.82) is 0 Å². The molecule has 1 aliphatic rings. The number of rotatable bonds is 6. The standard InChI is InChI=1S/C17H20ClN5O3S/c1-11-19-22-17(23(11)9-14-3-2-8-26-14)27-10-15(24)20-21-16(25)12-4-6-13(18)7-5-12/h4-7,14H,2-3,8-10H2,1H3,(H,20,24)(H,21,25)/t14-/m0/s1. The number of nitrogens with zero attached hydrogens (tertiary/aromatic N) is 3. The lowest BCUT2D eigenvalue weighted by Gasteiger charge is -2.13. The Hall–Kier alpha value is -2.10. The Morgan fingerprint density at radius 1 is 1.30 bits per heavy atom. The van der Waals surface area contributed by atoms with Crippen molar-refractivity contribution in [3.63, 3.8) is 0 Å². The van der Waals surface area contributed by atoms with Crippen LogP contribution in [0.15, 0.2) is 29.4 Å². The number of benzene rings is 1. The highest BCUT2D eigenvalue weighted by molar-refractivity contribution is 7.99. The lowest BCUT2D eigenvalue weighted by molar-refractivity contribution is -0.119. The van der Waals surface area contributed by atoms with Crippen LogP contribution in [0, 0.1) is 6.92 Å². The van der Waals surface area contributed by atoms with Gasteiger partial charge in [0.05, 0.1) is 18.4 Å². The van der Waals surface area contributed by atoms with Crippen LogP contribution in [0.25, 0.3) is 0 Å². The number of carbonyl (C=O) groups excluding carboxylic acids is 2. The smallest absolute Gasteiger partial charge is 0.269 e. The van der Waals surface area contributed by atoms with Gasteiger partial charge in [-0.05, 0) is 44.0 Å². The highest BCUT2D eigenvalue weighted by Gasteiger charge is 2.20. The van der Waals surface area contributed by atoms with Crippen LogP contribution in [0.3, 0.4) is 0 Å². The average Bonchev–Trinajstić information content (AvgIpc) is 3.30. The summed E-state index contributed by atoms with van der Waals surface area (Å²) in [6.07, 6.45) is 2.23. The van der Waals surface area contributed by atoms with Gasteiger partial charge >= 0.3 is 0 Å². The quantitative estimate of drug-likeness (QED) is 0.559. The SMILES string of the molecule is Cc1nnc(SCC(=O)NNC(=O)c2ccc(Cl)cc2)n1C[C@@H]1CCCO1. The van der Waals surface area contributed by atoms with Crippen LogP contribution in [-0.4, -0.2) is 45.0 Å². The Kier molecular flexibility index (Phi) is 6.70. The van der Waals surface area contributed by atoms with Gasteiger partial charge < -0.3 is 9.30 Å². The van der Waals surface area contributed by atoms with E-state index in [9.17, 15) is 9.59 Å². The molecule has 1 aromatic carbocycles. The Labute approximate surface area is 166 Å². The van der Waals surface area contributed by atoms with Crippen molar-refractivity contribution in [3.8, 4) is 0 Å². The van der Waals surface area contributed by atoms with Crippen molar-refractivity contribution in [2.45, 2.75) is 37.6 Å². The Morgan fingerprint density at radius 2 is 2.07 bits per heavy atom. The van der Waals surface area contributed by atoms with E-state index in [4.69, 9.17) is 16.3 Å². The van der Waals surface area contributed by atoms with Crippen LogP contribution in [0.1, 0.15) is 29.0 Å². The third kappa shape index (κ3) is 5.44. The number of aryl methyl sites for hydroxylation is 1. The molecule has 8 nitrogen and oxygen atoms in total. The molecule has 0 spiro atoms. The maximum Gasteiger partial charge on any atom is 0.269 e. The second-order valence-electron chi connectivity index (χ2n) is 6.07. The third-order valence-corrected chi connectivity index (χ3v) is 5.28. The van der Waals surface area contributed by atoms with E-state index in [2.05, 4.69) is 21.0 Å². The summed E-state index contributed by atoms with van der Waals surface area (Å²) < 4.78 is 7.61. The molecule has 0 unspecified atom stereocenters. The summed E-state index contributed by atoms with van der Waals surface area (Å²) in [5, 5.41) is 9.39. The zero-order valence-corrected chi connectivity index (χ0v) is 16.3. The monoisotopic (exact) mass is 409 g/mol. The maximum atomic E-state index is 12.0. The van der Waals surface area contributed by atoms with Gasteiger partial charge in [-0.3, -0.25) is 20.4 Å². The van der Waals surface area contributed by atoms with Gasteiger partial charge in [0.25, 0.3) is 5.91 Å². The minimum atomic E-state index is -0.414. The van der Waals surface area contributed by atoms with Crippen molar-refractivity contribution in [3.05, 3.63) is 40.7 Å². The van der Waals surface area contributed by atoms with E-state index in [1.54, 1.807) is 24.3 Å². The molecule has 0 bridgehead atoms. The largest absolute Gasteiger partial charge is 0.376 e. The summed E-state index contributed by atoms with van der Waals surface area (Å²) in [6, 6.07) is 6.37. The van der Waals surface area contributed by atoms with Gasteiger partial charge in [-0.15, -0.1) is 10.2 Å². The van der Waals surface area contributed by atoms with Crippen molar-refractivity contribution in [2.75, 3.05) is 12.4 Å². The number of halogens is 1. The fourth-order valence-electron chi connectivity index (χ4n) is 2.64. The second-order valence-corrected chi connectivity index (χ2v) is 7.45. The zero-order valence-electron chi connectivity index (χ0n) is 14.8. The molecule has 1 atom stereocenters. The molecule has 1 aromatic heterocycles. The molecule has 0 aliphatic carbocycles. The lowest BCUT2D eigenvalue weighted by atomic mass is 10.2. The number of thioether (sulfide) groups is 1. The molecule has 0 radical (unpaired) electrons. The molecule has 2 N–H and O–H groups in total. The van der Waals surface area contributed by atoms with E-state index >= 15 is 0 Å². The molecular weight excluding hydrogens is 390 g/mol. The molecule has 1 saturated heterocycles. The first-order chi connectivity index (χ1) is 13.0. The Bertz CT molecular complexity index is 805. The fraction of sp³-hybridized carbons (Fsp3) is 0.412. The van der Waals surface area contributed by atoms with Gasteiger partial charge in [-0.1, -0.05) is 23.4 Å². The highest BCUT2D eigenvalue weighted by Crippen LogP contribution is 2.20. The molecule has 3 rings (SSSR count). The van der Waals surface area contributed by atoms with E-state index in [-0.39, 0.29) is 17.8 Å². The van der Waals surface area contributed by atoms with Gasteiger partial charge in [0.15, 0.2) is 5.16 Å². The molecule has 2 amide bonds. The van der Waals surface area contributed by atoms with E-state index in [0.717, 1.165) is 25.3 Å². The molecule has 2 heterocycles. The molecular formula is C17H20ClN5O3S. The van der Waals surface area contributed by atoms with Crippen LogP contribution in [0.5, 0.6) is 0 Å². The van der Waals surface area contributed by atoms with Crippen LogP contribution >= 0.6 is 23.4 Å². The van der Waals surface area contributed by atoms with Gasteiger partial charge in [-0.25, -0.2) is 0 Å². The normalized spacial score (nSPS) is 16.3. The van der Waals surface area contributed by atoms with E-state index in [1.165, 1.54) is 11.8 Å². The summed E-state index contributed by atoms with van der Waals surface area (Å²) >= 11 is 7.05. The molecule has 2 aromatic rings. The van der Waals surface area contributed by atoms with E-state index in [0.29, 0.717) is 22.3 Å². The zero-order chi connectivity index (χ0) is 19.2. The number of hydrogen-bond donors (Lipinski definition) is 2. The molecule has 27 heavy (non-hydrogen) atoms. The summed E-state index contributed by atoms with van der Waals surface area (Å²) in [6.45, 7) is 3.33. The second kappa shape index (κ2) is 9.20. The number of aromatic nitrogens is 3. The summed E-state index contributed by atoms with van der Waals surface area (Å²) in [4.78, 5) is 24.0. The van der Waals surface area contributed by atoms with Crippen molar-refractivity contribution in [1.82, 2.24) is 25.6 Å². The van der Waals surface area contributed by atoms with E-state index in [1.807, 2.05) is 11.5 Å². The minimum Gasteiger partial charge on any atom is -0.376 e. The fourth-order valence-corrected chi connectivity index (χ4v) is 3.56. The van der Waals surface area contributed by atoms with Crippen molar-refractivity contribution in [2.24, 2.45) is 0 Å². The lowest BCUT2D eigenvalue weighted by Crippen LogP contribution is -2.42. The number of hydrazine groups is 1. The first kappa shape index (κ1) is 19.7. The first-order valence-electron chi connectivity index (χ1n) is 8.52. The number of amides is 2. The summed E-state index contributed by atoms with van der Waals surface area (Å²) in [5.41, 5.74) is 5.17. The summed E-state index contributed by atoms with van der Waals surface area (Å²) in [7, 11) is 0. The first-order valence-corrected chi connectivity index (χ1v) is 9.88. The van der Waals surface area contributed by atoms with Gasteiger partial charge in [0.1, 0.15) is 5.82 Å². The van der Waals surface area contributed by atoms with Crippen molar-refractivity contribution >= 4 is 35.2 Å². The third-order valence-electron chi connectivity index (χ3n) is 4.07. The molecule has 144 valence electrons. The average molecular weight is 410 g/mol. The number of ether oxygens (including phenoxy) is 1. The summed E-state index contributed by atoms with van der Waals surface area (Å²) in [5.74, 6) is 0.128. The topological polar surface area (TPSA) is 98.1 Å². The Morgan fingerprint density at radius 3 is 2.78 bits per heavy atom. The van der Waals surface area contributed by atoms with E-state index < -0.39 is 5.91 Å². The number of nitrogens with one attached hydrogen (secondary N) is 2. The van der Waals surface area contributed by atoms with Gasteiger partial charge in [0.2, 0.25) is 5.91 Å². The van der Waals surface area contributed by atoms with Gasteiger partial charge in [0, 0.05) is 17.2 Å². The number of hydrogen-bond acceptors (Lipinski definition) is 6. The maximum absolute atomic E-state index is 12.0. The van der Waals surface area contributed by atoms with Crippen LogP contribution in [-0.2, 0) is 16.1 Å². The van der Waals surface area contributed by atoms with Crippen LogP contribution in [0.2, 0.25) is 5.02 Å². The Balaban J connectivity index is 1.47. The number of carbonyl (C=O) groups is 2. The minimum absolute atomic E-state index is 0.102.